The summed E-state index contributed by atoms with van der Waals surface area (Å²) in [7, 11) is -3.19. The van der Waals surface area contributed by atoms with Gasteiger partial charge in [0.05, 0.1) is 17.0 Å². The van der Waals surface area contributed by atoms with Crippen LogP contribution in [0, 0.1) is 11.3 Å². The minimum atomic E-state index is -3.19. The maximum atomic E-state index is 12.9. The molecule has 0 radical (unpaired) electrons. The Labute approximate surface area is 156 Å². The molecule has 2 fully saturated rings. The summed E-state index contributed by atoms with van der Waals surface area (Å²) in [6.07, 6.45) is 3.13. The molecule has 3 heterocycles. The summed E-state index contributed by atoms with van der Waals surface area (Å²) in [4.78, 5) is 6.84. The fourth-order valence-corrected chi connectivity index (χ4v) is 7.49. The van der Waals surface area contributed by atoms with Gasteiger partial charge in [-0.05, 0) is 57.5 Å². The van der Waals surface area contributed by atoms with Gasteiger partial charge in [0.15, 0.2) is 0 Å². The Morgan fingerprint density at radius 1 is 1.28 bits per heavy atom. The van der Waals surface area contributed by atoms with E-state index in [4.69, 9.17) is 0 Å². The number of sulfonamides is 1. The molecule has 2 aliphatic heterocycles. The van der Waals surface area contributed by atoms with E-state index in [0.717, 1.165) is 44.6 Å². The van der Waals surface area contributed by atoms with Crippen molar-refractivity contribution in [1.82, 2.24) is 14.2 Å². The SMILES string of the molecule is CC(C)CS(=O)(=O)N1CC2(CCN(Cc3cscn3)CC2)CC1(C)C. The van der Waals surface area contributed by atoms with Crippen LogP contribution in [0.4, 0.5) is 0 Å². The molecule has 142 valence electrons. The van der Waals surface area contributed by atoms with E-state index in [1.807, 2.05) is 23.7 Å². The predicted molar refractivity (Wildman–Crippen MR) is 103 cm³/mol. The standard InChI is InChI=1S/C18H31N3O2S2/c1-15(2)11-25(22,23)21-13-18(12-17(21,3)4)5-7-20(8-6-18)9-16-10-24-14-19-16/h10,14-15H,5-9,11-13H2,1-4H3. The van der Waals surface area contributed by atoms with Crippen LogP contribution in [0.3, 0.4) is 0 Å². The van der Waals surface area contributed by atoms with Gasteiger partial charge in [0.2, 0.25) is 10.0 Å². The van der Waals surface area contributed by atoms with E-state index >= 15 is 0 Å². The highest BCUT2D eigenvalue weighted by molar-refractivity contribution is 7.89. The van der Waals surface area contributed by atoms with Crippen LogP contribution in [0.2, 0.25) is 0 Å². The van der Waals surface area contributed by atoms with Gasteiger partial charge in [0.1, 0.15) is 0 Å². The van der Waals surface area contributed by atoms with E-state index in [2.05, 4.69) is 29.1 Å². The second kappa shape index (κ2) is 6.91. The van der Waals surface area contributed by atoms with E-state index in [0.29, 0.717) is 6.54 Å². The molecular weight excluding hydrogens is 354 g/mol. The van der Waals surface area contributed by atoms with Crippen molar-refractivity contribution in [2.24, 2.45) is 11.3 Å². The van der Waals surface area contributed by atoms with E-state index in [-0.39, 0.29) is 22.6 Å². The van der Waals surface area contributed by atoms with Gasteiger partial charge in [-0.3, -0.25) is 4.90 Å². The zero-order valence-corrected chi connectivity index (χ0v) is 17.5. The normalized spacial score (nSPS) is 24.4. The summed E-state index contributed by atoms with van der Waals surface area (Å²) in [6, 6.07) is 0. The van der Waals surface area contributed by atoms with Gasteiger partial charge in [-0.25, -0.2) is 13.4 Å². The lowest BCUT2D eigenvalue weighted by Crippen LogP contribution is -2.45. The Balaban J connectivity index is 1.66. The third-order valence-corrected chi connectivity index (χ3v) is 8.65. The first-order chi connectivity index (χ1) is 11.6. The van der Waals surface area contributed by atoms with Gasteiger partial charge in [0, 0.05) is 24.0 Å². The molecule has 0 aromatic carbocycles. The van der Waals surface area contributed by atoms with Gasteiger partial charge in [-0.2, -0.15) is 4.31 Å². The van der Waals surface area contributed by atoms with Crippen LogP contribution in [-0.4, -0.2) is 53.5 Å². The zero-order chi connectivity index (χ0) is 18.3. The molecule has 1 spiro atoms. The minimum absolute atomic E-state index is 0.145. The molecule has 0 saturated carbocycles. The maximum absolute atomic E-state index is 12.9. The van der Waals surface area contributed by atoms with Crippen molar-refractivity contribution in [2.45, 2.75) is 59.0 Å². The van der Waals surface area contributed by atoms with Crippen LogP contribution in [0.15, 0.2) is 10.9 Å². The average molecular weight is 386 g/mol. The van der Waals surface area contributed by atoms with Crippen molar-refractivity contribution in [3.63, 3.8) is 0 Å². The Morgan fingerprint density at radius 3 is 2.52 bits per heavy atom. The Bertz CT molecular complexity index is 675. The third-order valence-electron chi connectivity index (χ3n) is 5.63. The lowest BCUT2D eigenvalue weighted by atomic mass is 9.74. The molecule has 1 aromatic rings. The van der Waals surface area contributed by atoms with Gasteiger partial charge < -0.3 is 0 Å². The summed E-state index contributed by atoms with van der Waals surface area (Å²) in [6.45, 7) is 11.8. The van der Waals surface area contributed by atoms with Crippen molar-refractivity contribution in [3.05, 3.63) is 16.6 Å². The lowest BCUT2D eigenvalue weighted by molar-refractivity contribution is 0.106. The molecule has 5 nitrogen and oxygen atoms in total. The highest BCUT2D eigenvalue weighted by Gasteiger charge is 2.53. The number of nitrogens with zero attached hydrogens (tertiary/aromatic N) is 3. The third kappa shape index (κ3) is 4.26. The van der Waals surface area contributed by atoms with Crippen molar-refractivity contribution < 1.29 is 8.42 Å². The molecule has 2 saturated heterocycles. The van der Waals surface area contributed by atoms with Crippen LogP contribution in [0.25, 0.3) is 0 Å². The molecule has 0 amide bonds. The first-order valence-electron chi connectivity index (χ1n) is 9.22. The van der Waals surface area contributed by atoms with E-state index in [9.17, 15) is 8.42 Å². The largest absolute Gasteiger partial charge is 0.297 e. The van der Waals surface area contributed by atoms with Crippen LogP contribution < -0.4 is 0 Å². The van der Waals surface area contributed by atoms with E-state index in [1.54, 1.807) is 11.3 Å². The predicted octanol–water partition coefficient (Wildman–Crippen LogP) is 3.20. The summed E-state index contributed by atoms with van der Waals surface area (Å²) in [5.74, 6) is 0.417. The molecule has 0 unspecified atom stereocenters. The molecule has 0 N–H and O–H groups in total. The number of likely N-dealkylation sites (tertiary alicyclic amines) is 1. The topological polar surface area (TPSA) is 53.5 Å². The van der Waals surface area contributed by atoms with Crippen LogP contribution in [0.5, 0.6) is 0 Å². The van der Waals surface area contributed by atoms with Crippen molar-refractivity contribution in [1.29, 1.82) is 0 Å². The monoisotopic (exact) mass is 385 g/mol. The highest BCUT2D eigenvalue weighted by Crippen LogP contribution is 2.49. The van der Waals surface area contributed by atoms with Crippen LogP contribution >= 0.6 is 11.3 Å². The molecule has 2 aliphatic rings. The van der Waals surface area contributed by atoms with Crippen LogP contribution in [-0.2, 0) is 16.6 Å². The molecule has 1 aromatic heterocycles. The smallest absolute Gasteiger partial charge is 0.214 e. The van der Waals surface area contributed by atoms with E-state index < -0.39 is 10.0 Å². The number of piperidine rings is 1. The second-order valence-electron chi connectivity index (χ2n) is 8.92. The summed E-state index contributed by atoms with van der Waals surface area (Å²) < 4.78 is 27.6. The number of hydrogen-bond acceptors (Lipinski definition) is 5. The first-order valence-corrected chi connectivity index (χ1v) is 11.8. The zero-order valence-electron chi connectivity index (χ0n) is 15.9. The molecule has 0 atom stereocenters. The summed E-state index contributed by atoms with van der Waals surface area (Å²) in [5, 5.41) is 2.11. The van der Waals surface area contributed by atoms with Gasteiger partial charge in [-0.15, -0.1) is 11.3 Å². The average Bonchev–Trinajstić information content (AvgIpc) is 3.07. The van der Waals surface area contributed by atoms with Crippen LogP contribution in [0.1, 0.15) is 52.7 Å². The fraction of sp³-hybridized carbons (Fsp3) is 0.833. The van der Waals surface area contributed by atoms with Crippen molar-refractivity contribution >= 4 is 21.4 Å². The number of aromatic nitrogens is 1. The van der Waals surface area contributed by atoms with Gasteiger partial charge in [-0.1, -0.05) is 13.8 Å². The number of rotatable bonds is 5. The highest BCUT2D eigenvalue weighted by atomic mass is 32.2. The Morgan fingerprint density at radius 2 is 1.96 bits per heavy atom. The van der Waals surface area contributed by atoms with E-state index in [1.165, 1.54) is 0 Å². The maximum Gasteiger partial charge on any atom is 0.214 e. The molecule has 0 aliphatic carbocycles. The fourth-order valence-electron chi connectivity index (χ4n) is 4.63. The summed E-state index contributed by atoms with van der Waals surface area (Å²) >= 11 is 1.64. The quantitative estimate of drug-likeness (QED) is 0.781. The van der Waals surface area contributed by atoms with Gasteiger partial charge >= 0.3 is 0 Å². The van der Waals surface area contributed by atoms with Gasteiger partial charge in [0.25, 0.3) is 0 Å². The lowest BCUT2D eigenvalue weighted by Gasteiger charge is -2.39. The number of hydrogen-bond donors (Lipinski definition) is 0. The molecule has 3 rings (SSSR count). The number of thiazole rings is 1. The minimum Gasteiger partial charge on any atom is -0.297 e. The molecule has 25 heavy (non-hydrogen) atoms. The summed E-state index contributed by atoms with van der Waals surface area (Å²) in [5.41, 5.74) is 2.91. The molecule has 7 heteroatoms. The Hall–Kier alpha value is -0.500. The molecular formula is C18H31N3O2S2. The second-order valence-corrected chi connectivity index (χ2v) is 11.6. The Kier molecular flexibility index (Phi) is 5.32. The molecule has 0 bridgehead atoms. The van der Waals surface area contributed by atoms with Crippen molar-refractivity contribution in [3.8, 4) is 0 Å². The van der Waals surface area contributed by atoms with Crippen molar-refractivity contribution in [2.75, 3.05) is 25.4 Å². The first kappa shape index (κ1) is 19.3.